The molecule has 0 spiro atoms. The van der Waals surface area contributed by atoms with E-state index in [1.165, 1.54) is 31.4 Å². The molecule has 0 aliphatic rings. The molecule has 2 rings (SSSR count). The summed E-state index contributed by atoms with van der Waals surface area (Å²) in [5, 5.41) is 0. The Hall–Kier alpha value is -2.08. The first kappa shape index (κ1) is 14.3. The Morgan fingerprint density at radius 3 is 2.60 bits per heavy atom. The van der Waals surface area contributed by atoms with Crippen LogP contribution in [0.4, 0.5) is 10.1 Å². The normalized spacial score (nSPS) is 11.3. The van der Waals surface area contributed by atoms with E-state index in [-0.39, 0.29) is 16.1 Å². The Bertz CT molecular complexity index is 729. The first-order valence-electron chi connectivity index (χ1n) is 5.83. The van der Waals surface area contributed by atoms with Gasteiger partial charge in [0.05, 0.1) is 17.8 Å². The molecule has 0 aromatic heterocycles. The minimum atomic E-state index is -3.64. The molecule has 0 bridgehead atoms. The van der Waals surface area contributed by atoms with Crippen LogP contribution >= 0.6 is 0 Å². The summed E-state index contributed by atoms with van der Waals surface area (Å²) in [5.74, 6) is -0.618. The molecule has 4 nitrogen and oxygen atoms in total. The summed E-state index contributed by atoms with van der Waals surface area (Å²) >= 11 is 0. The first-order valence-corrected chi connectivity index (χ1v) is 7.48. The summed E-state index contributed by atoms with van der Waals surface area (Å²) < 4.78 is 43.2. The molecule has 20 heavy (non-hydrogen) atoms. The van der Waals surface area contributed by atoms with Crippen LogP contribution in [0.5, 0.6) is 5.75 Å². The molecule has 0 unspecified atom stereocenters. The number of hydrogen-bond acceptors (Lipinski definition) is 4. The number of methoxy groups -OCH3 is 1. The van der Waals surface area contributed by atoms with Crippen molar-refractivity contribution < 1.29 is 17.5 Å². The minimum absolute atomic E-state index is 0.0852. The second-order valence-corrected chi connectivity index (χ2v) is 6.28. The van der Waals surface area contributed by atoms with Crippen LogP contribution in [0.15, 0.2) is 47.4 Å². The summed E-state index contributed by atoms with van der Waals surface area (Å²) in [6, 6.07) is 10.0. The molecule has 0 saturated carbocycles. The SMILES string of the molecule is COc1cccc(S(=O)(=O)Cc2ccc(N)cc2F)c1. The maximum atomic E-state index is 13.7. The average molecular weight is 295 g/mol. The minimum Gasteiger partial charge on any atom is -0.497 e. The lowest BCUT2D eigenvalue weighted by Gasteiger charge is -2.08. The van der Waals surface area contributed by atoms with Gasteiger partial charge in [-0.2, -0.15) is 0 Å². The topological polar surface area (TPSA) is 69.4 Å². The summed E-state index contributed by atoms with van der Waals surface area (Å²) in [6.45, 7) is 0. The molecule has 2 N–H and O–H groups in total. The van der Waals surface area contributed by atoms with E-state index in [2.05, 4.69) is 0 Å². The van der Waals surface area contributed by atoms with Gasteiger partial charge in [0.2, 0.25) is 0 Å². The van der Waals surface area contributed by atoms with E-state index in [0.29, 0.717) is 5.75 Å². The van der Waals surface area contributed by atoms with E-state index in [4.69, 9.17) is 10.5 Å². The van der Waals surface area contributed by atoms with E-state index in [0.717, 1.165) is 6.07 Å². The van der Waals surface area contributed by atoms with Gasteiger partial charge in [0.25, 0.3) is 0 Å². The first-order chi connectivity index (χ1) is 9.42. The highest BCUT2D eigenvalue weighted by Crippen LogP contribution is 2.22. The van der Waals surface area contributed by atoms with E-state index < -0.39 is 21.4 Å². The monoisotopic (exact) mass is 295 g/mol. The van der Waals surface area contributed by atoms with Crippen molar-refractivity contribution in [3.63, 3.8) is 0 Å². The highest BCUT2D eigenvalue weighted by molar-refractivity contribution is 7.90. The molecular weight excluding hydrogens is 281 g/mol. The van der Waals surface area contributed by atoms with Crippen molar-refractivity contribution in [2.75, 3.05) is 12.8 Å². The molecule has 0 radical (unpaired) electrons. The highest BCUT2D eigenvalue weighted by Gasteiger charge is 2.18. The summed E-state index contributed by atoms with van der Waals surface area (Å²) in [4.78, 5) is 0.0908. The smallest absolute Gasteiger partial charge is 0.182 e. The molecule has 106 valence electrons. The van der Waals surface area contributed by atoms with Crippen LogP contribution in [0.1, 0.15) is 5.56 Å². The van der Waals surface area contributed by atoms with Crippen molar-refractivity contribution in [2.24, 2.45) is 0 Å². The van der Waals surface area contributed by atoms with Gasteiger partial charge in [-0.25, -0.2) is 12.8 Å². The third kappa shape index (κ3) is 3.08. The van der Waals surface area contributed by atoms with Crippen molar-refractivity contribution in [1.29, 1.82) is 0 Å². The molecular formula is C14H14FNO3S. The van der Waals surface area contributed by atoms with Gasteiger partial charge in [-0.1, -0.05) is 12.1 Å². The van der Waals surface area contributed by atoms with Gasteiger partial charge in [0, 0.05) is 11.3 Å². The van der Waals surface area contributed by atoms with Crippen molar-refractivity contribution >= 4 is 15.5 Å². The van der Waals surface area contributed by atoms with Crippen molar-refractivity contribution in [2.45, 2.75) is 10.6 Å². The number of benzene rings is 2. The molecule has 0 saturated heterocycles. The van der Waals surface area contributed by atoms with Gasteiger partial charge in [0.15, 0.2) is 9.84 Å². The molecule has 2 aromatic carbocycles. The lowest BCUT2D eigenvalue weighted by Crippen LogP contribution is -2.07. The maximum absolute atomic E-state index is 13.7. The van der Waals surface area contributed by atoms with Gasteiger partial charge in [-0.15, -0.1) is 0 Å². The van der Waals surface area contributed by atoms with Crippen LogP contribution in [-0.4, -0.2) is 15.5 Å². The number of nitrogens with two attached hydrogens (primary N) is 1. The van der Waals surface area contributed by atoms with E-state index in [9.17, 15) is 12.8 Å². The van der Waals surface area contributed by atoms with Gasteiger partial charge < -0.3 is 10.5 Å². The number of sulfone groups is 1. The number of anilines is 1. The number of hydrogen-bond donors (Lipinski definition) is 1. The zero-order valence-electron chi connectivity index (χ0n) is 10.8. The molecule has 0 aliphatic heterocycles. The molecule has 0 heterocycles. The lowest BCUT2D eigenvalue weighted by molar-refractivity contribution is 0.413. The molecule has 2 aromatic rings. The quantitative estimate of drug-likeness (QED) is 0.879. The molecule has 0 aliphatic carbocycles. The fourth-order valence-corrected chi connectivity index (χ4v) is 3.16. The van der Waals surface area contributed by atoms with Crippen LogP contribution in [0.3, 0.4) is 0 Å². The molecule has 0 fully saturated rings. The fourth-order valence-electron chi connectivity index (χ4n) is 1.76. The van der Waals surface area contributed by atoms with Crippen molar-refractivity contribution in [3.05, 3.63) is 53.8 Å². The van der Waals surface area contributed by atoms with Crippen LogP contribution in [0.2, 0.25) is 0 Å². The zero-order valence-corrected chi connectivity index (χ0v) is 11.7. The number of ether oxygens (including phenoxy) is 1. The largest absolute Gasteiger partial charge is 0.497 e. The third-order valence-electron chi connectivity index (χ3n) is 2.82. The fraction of sp³-hybridized carbons (Fsp3) is 0.143. The third-order valence-corrected chi connectivity index (χ3v) is 4.49. The van der Waals surface area contributed by atoms with Gasteiger partial charge >= 0.3 is 0 Å². The Morgan fingerprint density at radius 2 is 1.95 bits per heavy atom. The predicted octanol–water partition coefficient (Wildman–Crippen LogP) is 2.39. The Labute approximate surface area is 116 Å². The second kappa shape index (κ2) is 5.50. The van der Waals surface area contributed by atoms with E-state index >= 15 is 0 Å². The average Bonchev–Trinajstić information content (AvgIpc) is 2.42. The number of rotatable bonds is 4. The number of nitrogen functional groups attached to an aromatic ring is 1. The van der Waals surface area contributed by atoms with Crippen LogP contribution in [0, 0.1) is 5.82 Å². The highest BCUT2D eigenvalue weighted by atomic mass is 32.2. The zero-order chi connectivity index (χ0) is 14.8. The second-order valence-electron chi connectivity index (χ2n) is 4.29. The van der Waals surface area contributed by atoms with Gasteiger partial charge in [-0.05, 0) is 30.3 Å². The Kier molecular flexibility index (Phi) is 3.94. The standard InChI is InChI=1S/C14H14FNO3S/c1-19-12-3-2-4-13(8-12)20(17,18)9-10-5-6-11(16)7-14(10)15/h2-8H,9,16H2,1H3. The summed E-state index contributed by atoms with van der Waals surface area (Å²) in [5.41, 5.74) is 5.77. The van der Waals surface area contributed by atoms with E-state index in [1.807, 2.05) is 0 Å². The lowest BCUT2D eigenvalue weighted by atomic mass is 10.2. The van der Waals surface area contributed by atoms with Crippen LogP contribution in [0.25, 0.3) is 0 Å². The van der Waals surface area contributed by atoms with Gasteiger partial charge in [0.1, 0.15) is 11.6 Å². The van der Waals surface area contributed by atoms with Crippen LogP contribution in [-0.2, 0) is 15.6 Å². The molecule has 6 heteroatoms. The maximum Gasteiger partial charge on any atom is 0.182 e. The summed E-state index contributed by atoms with van der Waals surface area (Å²) in [6.07, 6.45) is 0. The number of halogens is 1. The van der Waals surface area contributed by atoms with Gasteiger partial charge in [-0.3, -0.25) is 0 Å². The van der Waals surface area contributed by atoms with E-state index in [1.54, 1.807) is 12.1 Å². The Morgan fingerprint density at radius 1 is 1.20 bits per heavy atom. The summed E-state index contributed by atoms with van der Waals surface area (Å²) in [7, 11) is -2.19. The van der Waals surface area contributed by atoms with Crippen molar-refractivity contribution in [1.82, 2.24) is 0 Å². The molecule has 0 amide bonds. The van der Waals surface area contributed by atoms with Crippen LogP contribution < -0.4 is 10.5 Å². The predicted molar refractivity (Wildman–Crippen MR) is 74.7 cm³/mol. The van der Waals surface area contributed by atoms with Crippen molar-refractivity contribution in [3.8, 4) is 5.75 Å². The Balaban J connectivity index is 2.35. The molecule has 0 atom stereocenters.